The van der Waals surface area contributed by atoms with Crippen molar-refractivity contribution in [3.63, 3.8) is 0 Å². The molecule has 0 bridgehead atoms. The van der Waals surface area contributed by atoms with E-state index in [4.69, 9.17) is 5.11 Å². The second-order valence-electron chi connectivity index (χ2n) is 5.37. The zero-order chi connectivity index (χ0) is 13.8. The van der Waals surface area contributed by atoms with Crippen LogP contribution in [0.4, 0.5) is 4.79 Å². The summed E-state index contributed by atoms with van der Waals surface area (Å²) in [4.78, 5) is 24.7. The van der Waals surface area contributed by atoms with Crippen LogP contribution in [0.3, 0.4) is 0 Å². The van der Waals surface area contributed by atoms with Gasteiger partial charge >= 0.3 is 12.0 Å². The summed E-state index contributed by atoms with van der Waals surface area (Å²) in [6.45, 7) is 5.24. The molecule has 0 aromatic rings. The third-order valence-electron chi connectivity index (χ3n) is 3.25. The van der Waals surface area contributed by atoms with Crippen molar-refractivity contribution < 1.29 is 14.7 Å². The summed E-state index contributed by atoms with van der Waals surface area (Å²) in [5.74, 6) is -0.581. The molecular formula is C12H23N3O3. The Bertz CT molecular complexity index is 316. The Morgan fingerprint density at radius 2 is 2.11 bits per heavy atom. The lowest BCUT2D eigenvalue weighted by atomic mass is 9.98. The molecule has 6 heteroatoms. The van der Waals surface area contributed by atoms with Crippen LogP contribution in [0.1, 0.15) is 26.7 Å². The fourth-order valence-corrected chi connectivity index (χ4v) is 2.10. The first-order valence-electron chi connectivity index (χ1n) is 6.32. The molecule has 6 nitrogen and oxygen atoms in total. The number of likely N-dealkylation sites (tertiary alicyclic amines) is 1. The molecule has 0 radical (unpaired) electrons. The molecule has 1 aliphatic heterocycles. The Kier molecular flexibility index (Phi) is 4.95. The Labute approximate surface area is 108 Å². The summed E-state index contributed by atoms with van der Waals surface area (Å²) in [6, 6.07) is -0.289. The Hall–Kier alpha value is -1.30. The molecule has 1 unspecified atom stereocenters. The summed E-state index contributed by atoms with van der Waals surface area (Å²) in [6.07, 6.45) is 2.07. The predicted molar refractivity (Wildman–Crippen MR) is 68.5 cm³/mol. The number of carboxylic acids is 1. The molecule has 1 fully saturated rings. The van der Waals surface area contributed by atoms with Crippen molar-refractivity contribution in [2.75, 3.05) is 26.7 Å². The molecule has 0 spiro atoms. The first-order valence-corrected chi connectivity index (χ1v) is 6.32. The van der Waals surface area contributed by atoms with E-state index in [-0.39, 0.29) is 6.03 Å². The molecule has 104 valence electrons. The zero-order valence-electron chi connectivity index (χ0n) is 11.3. The average Bonchev–Trinajstić information content (AvgIpc) is 2.29. The molecule has 1 aliphatic rings. The standard InChI is InChI=1S/C12H23N3O3/c1-12(2,10(16)17)14-11(18)15-6-4-5-9(8-15)7-13-3/h9,13H,4-8H2,1-3H3,(H,14,18)(H,16,17). The van der Waals surface area contributed by atoms with Gasteiger partial charge in [0.25, 0.3) is 0 Å². The number of carbonyl (C=O) groups is 2. The molecule has 0 aromatic heterocycles. The second-order valence-corrected chi connectivity index (χ2v) is 5.37. The minimum absolute atomic E-state index is 0.289. The maximum Gasteiger partial charge on any atom is 0.328 e. The highest BCUT2D eigenvalue weighted by molar-refractivity contribution is 5.85. The summed E-state index contributed by atoms with van der Waals surface area (Å²) in [5, 5.41) is 14.6. The second kappa shape index (κ2) is 6.04. The molecule has 1 rings (SSSR count). The number of carbonyl (C=O) groups excluding carboxylic acids is 1. The van der Waals surface area contributed by atoms with E-state index in [2.05, 4.69) is 10.6 Å². The van der Waals surface area contributed by atoms with Crippen molar-refractivity contribution in [3.05, 3.63) is 0 Å². The molecule has 2 amide bonds. The van der Waals surface area contributed by atoms with Gasteiger partial charge in [-0.05, 0) is 46.2 Å². The van der Waals surface area contributed by atoms with E-state index in [1.165, 1.54) is 13.8 Å². The maximum absolute atomic E-state index is 12.0. The predicted octanol–water partition coefficient (Wildman–Crippen LogP) is 0.491. The van der Waals surface area contributed by atoms with Gasteiger partial charge in [0, 0.05) is 13.1 Å². The minimum atomic E-state index is -1.23. The van der Waals surface area contributed by atoms with Crippen LogP contribution in [0.15, 0.2) is 0 Å². The Morgan fingerprint density at radius 3 is 2.67 bits per heavy atom. The molecule has 0 aromatic carbocycles. The quantitative estimate of drug-likeness (QED) is 0.684. The highest BCUT2D eigenvalue weighted by Crippen LogP contribution is 2.16. The third-order valence-corrected chi connectivity index (χ3v) is 3.25. The van der Waals surface area contributed by atoms with E-state index in [9.17, 15) is 9.59 Å². The number of rotatable bonds is 4. The van der Waals surface area contributed by atoms with Crippen molar-refractivity contribution in [1.29, 1.82) is 0 Å². The fraction of sp³-hybridized carbons (Fsp3) is 0.833. The van der Waals surface area contributed by atoms with Crippen LogP contribution in [-0.4, -0.2) is 54.2 Å². The van der Waals surface area contributed by atoms with Crippen LogP contribution >= 0.6 is 0 Å². The normalized spacial score (nSPS) is 20.6. The summed E-state index contributed by atoms with van der Waals surface area (Å²) < 4.78 is 0. The van der Waals surface area contributed by atoms with Crippen LogP contribution in [0.25, 0.3) is 0 Å². The first kappa shape index (κ1) is 14.8. The smallest absolute Gasteiger partial charge is 0.328 e. The first-order chi connectivity index (χ1) is 8.36. The highest BCUT2D eigenvalue weighted by Gasteiger charge is 2.32. The van der Waals surface area contributed by atoms with E-state index in [1.807, 2.05) is 7.05 Å². The number of hydrogen-bond acceptors (Lipinski definition) is 3. The summed E-state index contributed by atoms with van der Waals surface area (Å²) in [5.41, 5.74) is -1.23. The maximum atomic E-state index is 12.0. The molecule has 1 atom stereocenters. The number of nitrogens with one attached hydrogen (secondary N) is 2. The van der Waals surface area contributed by atoms with Crippen LogP contribution in [0.5, 0.6) is 0 Å². The van der Waals surface area contributed by atoms with Gasteiger partial charge in [-0.2, -0.15) is 0 Å². The van der Waals surface area contributed by atoms with Crippen LogP contribution in [0, 0.1) is 5.92 Å². The lowest BCUT2D eigenvalue weighted by Gasteiger charge is -2.34. The van der Waals surface area contributed by atoms with Gasteiger partial charge in [0.2, 0.25) is 0 Å². The van der Waals surface area contributed by atoms with Gasteiger partial charge in [-0.25, -0.2) is 9.59 Å². The molecule has 0 saturated carbocycles. The van der Waals surface area contributed by atoms with Crippen LogP contribution < -0.4 is 10.6 Å². The molecule has 18 heavy (non-hydrogen) atoms. The van der Waals surface area contributed by atoms with E-state index < -0.39 is 11.5 Å². The number of piperidine rings is 1. The van der Waals surface area contributed by atoms with E-state index >= 15 is 0 Å². The number of carboxylic acid groups (broad SMARTS) is 1. The van der Waals surface area contributed by atoms with Gasteiger partial charge in [0.05, 0.1) is 0 Å². The van der Waals surface area contributed by atoms with Crippen LogP contribution in [-0.2, 0) is 4.79 Å². The molecule has 0 aliphatic carbocycles. The van der Waals surface area contributed by atoms with Crippen molar-refractivity contribution in [2.45, 2.75) is 32.2 Å². The number of urea groups is 1. The third kappa shape index (κ3) is 3.87. The van der Waals surface area contributed by atoms with Crippen molar-refractivity contribution in [3.8, 4) is 0 Å². The molecule has 1 heterocycles. The summed E-state index contributed by atoms with van der Waals surface area (Å²) >= 11 is 0. The number of nitrogens with zero attached hydrogens (tertiary/aromatic N) is 1. The lowest BCUT2D eigenvalue weighted by Crippen LogP contribution is -2.56. The van der Waals surface area contributed by atoms with Crippen LogP contribution in [0.2, 0.25) is 0 Å². The number of aliphatic carboxylic acids is 1. The number of hydrogen-bond donors (Lipinski definition) is 3. The van der Waals surface area contributed by atoms with E-state index in [1.54, 1.807) is 4.90 Å². The van der Waals surface area contributed by atoms with E-state index in [0.717, 1.165) is 19.4 Å². The SMILES string of the molecule is CNCC1CCCN(C(=O)NC(C)(C)C(=O)O)C1. The van der Waals surface area contributed by atoms with Crippen molar-refractivity contribution in [2.24, 2.45) is 5.92 Å². The monoisotopic (exact) mass is 257 g/mol. The minimum Gasteiger partial charge on any atom is -0.480 e. The van der Waals surface area contributed by atoms with Gasteiger partial charge in [0.1, 0.15) is 5.54 Å². The molecule has 1 saturated heterocycles. The van der Waals surface area contributed by atoms with Crippen molar-refractivity contribution in [1.82, 2.24) is 15.5 Å². The molecule has 3 N–H and O–H groups in total. The van der Waals surface area contributed by atoms with Crippen molar-refractivity contribution >= 4 is 12.0 Å². The zero-order valence-corrected chi connectivity index (χ0v) is 11.3. The van der Waals surface area contributed by atoms with Gasteiger partial charge in [-0.1, -0.05) is 0 Å². The van der Waals surface area contributed by atoms with Gasteiger partial charge in [-0.15, -0.1) is 0 Å². The van der Waals surface area contributed by atoms with Gasteiger partial charge in [-0.3, -0.25) is 0 Å². The largest absolute Gasteiger partial charge is 0.480 e. The fourth-order valence-electron chi connectivity index (χ4n) is 2.10. The van der Waals surface area contributed by atoms with Gasteiger partial charge in [0.15, 0.2) is 0 Å². The average molecular weight is 257 g/mol. The van der Waals surface area contributed by atoms with Gasteiger partial charge < -0.3 is 20.6 Å². The molecular weight excluding hydrogens is 234 g/mol. The topological polar surface area (TPSA) is 81.7 Å². The Morgan fingerprint density at radius 1 is 1.44 bits per heavy atom. The Balaban J connectivity index is 2.53. The van der Waals surface area contributed by atoms with E-state index in [0.29, 0.717) is 19.0 Å². The number of amides is 2. The lowest BCUT2D eigenvalue weighted by molar-refractivity contribution is -0.143. The summed E-state index contributed by atoms with van der Waals surface area (Å²) in [7, 11) is 1.90. The highest BCUT2D eigenvalue weighted by atomic mass is 16.4.